The monoisotopic (exact) mass is 384 g/mol. The molecule has 0 radical (unpaired) electrons. The molecule has 1 aromatic carbocycles. The summed E-state index contributed by atoms with van der Waals surface area (Å²) in [7, 11) is 0. The van der Waals surface area contributed by atoms with Gasteiger partial charge in [0, 0.05) is 54.1 Å². The van der Waals surface area contributed by atoms with Gasteiger partial charge in [0.15, 0.2) is 0 Å². The number of aromatic nitrogens is 1. The van der Waals surface area contributed by atoms with E-state index in [-0.39, 0.29) is 23.3 Å². The lowest BCUT2D eigenvalue weighted by Crippen LogP contribution is -2.34. The van der Waals surface area contributed by atoms with Gasteiger partial charge in [-0.2, -0.15) is 0 Å². The Hall–Kier alpha value is -2.60. The van der Waals surface area contributed by atoms with E-state index in [9.17, 15) is 9.59 Å². The first-order valence-corrected chi connectivity index (χ1v) is 9.42. The third-order valence-corrected chi connectivity index (χ3v) is 5.74. The number of hydrogen-bond donors (Lipinski definition) is 2. The van der Waals surface area contributed by atoms with Gasteiger partial charge < -0.3 is 15.5 Å². The van der Waals surface area contributed by atoms with Crippen molar-refractivity contribution < 1.29 is 9.59 Å². The molecule has 2 aliphatic rings. The fourth-order valence-electron chi connectivity index (χ4n) is 3.79. The number of carbonyl (C=O) groups is 2. The van der Waals surface area contributed by atoms with Gasteiger partial charge in [-0.15, -0.1) is 0 Å². The minimum atomic E-state index is -0.128. The van der Waals surface area contributed by atoms with Crippen LogP contribution in [0.25, 0.3) is 0 Å². The highest BCUT2D eigenvalue weighted by molar-refractivity contribution is 6.30. The van der Waals surface area contributed by atoms with E-state index in [0.717, 1.165) is 18.4 Å². The van der Waals surface area contributed by atoms with E-state index in [0.29, 0.717) is 30.3 Å². The molecule has 7 heteroatoms. The van der Waals surface area contributed by atoms with Gasteiger partial charge in [-0.25, -0.2) is 4.79 Å². The highest BCUT2D eigenvalue weighted by atomic mass is 35.5. The molecule has 27 heavy (non-hydrogen) atoms. The fourth-order valence-corrected chi connectivity index (χ4v) is 3.91. The van der Waals surface area contributed by atoms with Gasteiger partial charge in [0.05, 0.1) is 0 Å². The van der Waals surface area contributed by atoms with Gasteiger partial charge in [-0.05, 0) is 54.8 Å². The molecular formula is C20H21ClN4O2. The quantitative estimate of drug-likeness (QED) is 0.849. The van der Waals surface area contributed by atoms with Crippen LogP contribution in [-0.4, -0.2) is 34.9 Å². The molecule has 4 rings (SSSR count). The van der Waals surface area contributed by atoms with Crippen LogP contribution in [0, 0.1) is 11.3 Å². The lowest BCUT2D eigenvalue weighted by molar-refractivity contribution is -0.123. The number of halogens is 1. The predicted molar refractivity (Wildman–Crippen MR) is 103 cm³/mol. The average molecular weight is 385 g/mol. The Morgan fingerprint density at radius 2 is 1.93 bits per heavy atom. The molecule has 1 spiro atoms. The van der Waals surface area contributed by atoms with Gasteiger partial charge in [0.2, 0.25) is 5.91 Å². The number of amides is 3. The predicted octanol–water partition coefficient (Wildman–Crippen LogP) is 3.30. The Bertz CT molecular complexity index is 843. The van der Waals surface area contributed by atoms with E-state index in [4.69, 9.17) is 11.6 Å². The van der Waals surface area contributed by atoms with Crippen molar-refractivity contribution in [1.82, 2.24) is 15.2 Å². The first kappa shape index (κ1) is 17.8. The van der Waals surface area contributed by atoms with Crippen LogP contribution in [0.4, 0.5) is 10.5 Å². The van der Waals surface area contributed by atoms with Crippen molar-refractivity contribution in [2.45, 2.75) is 19.4 Å². The maximum Gasteiger partial charge on any atom is 0.321 e. The Morgan fingerprint density at radius 1 is 1.19 bits per heavy atom. The van der Waals surface area contributed by atoms with Crippen LogP contribution in [0.2, 0.25) is 5.02 Å². The zero-order valence-electron chi connectivity index (χ0n) is 14.8. The SMILES string of the molecule is O=C(NCc1ccncc1)C1CC12CCN(C(=O)Nc1ccc(Cl)cc1)C2. The van der Waals surface area contributed by atoms with E-state index in [1.807, 2.05) is 12.1 Å². The number of nitrogens with zero attached hydrogens (tertiary/aromatic N) is 2. The summed E-state index contributed by atoms with van der Waals surface area (Å²) in [5.41, 5.74) is 1.69. The summed E-state index contributed by atoms with van der Waals surface area (Å²) >= 11 is 5.87. The molecule has 2 fully saturated rings. The van der Waals surface area contributed by atoms with Gasteiger partial charge in [0.1, 0.15) is 0 Å². The van der Waals surface area contributed by atoms with Crippen LogP contribution in [0.1, 0.15) is 18.4 Å². The van der Waals surface area contributed by atoms with Crippen molar-refractivity contribution in [3.8, 4) is 0 Å². The molecular weight excluding hydrogens is 364 g/mol. The number of rotatable bonds is 4. The molecule has 3 amide bonds. The molecule has 140 valence electrons. The summed E-state index contributed by atoms with van der Waals surface area (Å²) in [6.07, 6.45) is 5.15. The lowest BCUT2D eigenvalue weighted by Gasteiger charge is -2.17. The van der Waals surface area contributed by atoms with Gasteiger partial charge in [-0.3, -0.25) is 9.78 Å². The molecule has 2 heterocycles. The number of pyridine rings is 1. The number of carbonyl (C=O) groups excluding carboxylic acids is 2. The minimum Gasteiger partial charge on any atom is -0.352 e. The van der Waals surface area contributed by atoms with Crippen molar-refractivity contribution >= 4 is 29.2 Å². The van der Waals surface area contributed by atoms with Gasteiger partial charge in [0.25, 0.3) is 0 Å². The van der Waals surface area contributed by atoms with E-state index in [1.165, 1.54) is 0 Å². The second-order valence-electron chi connectivity index (χ2n) is 7.30. The highest BCUT2D eigenvalue weighted by Gasteiger charge is 2.61. The molecule has 2 N–H and O–H groups in total. The Balaban J connectivity index is 1.28. The molecule has 1 saturated heterocycles. The number of likely N-dealkylation sites (tertiary alicyclic amines) is 1. The van der Waals surface area contributed by atoms with E-state index in [2.05, 4.69) is 15.6 Å². The number of benzene rings is 1. The molecule has 0 bridgehead atoms. The van der Waals surface area contributed by atoms with E-state index >= 15 is 0 Å². The van der Waals surface area contributed by atoms with Crippen molar-refractivity contribution in [1.29, 1.82) is 0 Å². The Kier molecular flexibility index (Phi) is 4.74. The van der Waals surface area contributed by atoms with Gasteiger partial charge in [-0.1, -0.05) is 11.6 Å². The van der Waals surface area contributed by atoms with Crippen LogP contribution in [0.15, 0.2) is 48.8 Å². The zero-order valence-corrected chi connectivity index (χ0v) is 15.6. The third-order valence-electron chi connectivity index (χ3n) is 5.49. The molecule has 1 aliphatic carbocycles. The summed E-state index contributed by atoms with van der Waals surface area (Å²) in [6, 6.07) is 10.7. The van der Waals surface area contributed by atoms with Crippen molar-refractivity contribution in [3.63, 3.8) is 0 Å². The van der Waals surface area contributed by atoms with Crippen molar-refractivity contribution in [2.75, 3.05) is 18.4 Å². The molecule has 1 aromatic heterocycles. The largest absolute Gasteiger partial charge is 0.352 e. The summed E-state index contributed by atoms with van der Waals surface area (Å²) in [5.74, 6) is 0.0689. The summed E-state index contributed by atoms with van der Waals surface area (Å²) in [5, 5.41) is 6.52. The maximum absolute atomic E-state index is 12.5. The van der Waals surface area contributed by atoms with Crippen molar-refractivity contribution in [2.24, 2.45) is 11.3 Å². The molecule has 2 atom stereocenters. The van der Waals surface area contributed by atoms with Crippen LogP contribution in [0.3, 0.4) is 0 Å². The van der Waals surface area contributed by atoms with Crippen LogP contribution in [0.5, 0.6) is 0 Å². The molecule has 1 saturated carbocycles. The lowest BCUT2D eigenvalue weighted by atomic mass is 10.0. The average Bonchev–Trinajstić information content (AvgIpc) is 3.22. The highest BCUT2D eigenvalue weighted by Crippen LogP contribution is 2.58. The molecule has 6 nitrogen and oxygen atoms in total. The fraction of sp³-hybridized carbons (Fsp3) is 0.350. The standard InChI is InChI=1S/C20H21ClN4O2/c21-15-1-3-16(4-2-15)24-19(27)25-10-7-20(13-25)11-17(20)18(26)23-12-14-5-8-22-9-6-14/h1-6,8-9,17H,7,10-13H2,(H,23,26)(H,24,27). The minimum absolute atomic E-state index is 0.00679. The second kappa shape index (κ2) is 7.19. The number of nitrogens with one attached hydrogen (secondary N) is 2. The molecule has 2 aromatic rings. The van der Waals surface area contributed by atoms with E-state index in [1.54, 1.807) is 41.6 Å². The third kappa shape index (κ3) is 3.90. The topological polar surface area (TPSA) is 74.3 Å². The normalized spacial score (nSPS) is 23.3. The number of urea groups is 1. The summed E-state index contributed by atoms with van der Waals surface area (Å²) in [6.45, 7) is 1.81. The second-order valence-corrected chi connectivity index (χ2v) is 7.74. The van der Waals surface area contributed by atoms with Crippen LogP contribution < -0.4 is 10.6 Å². The number of hydrogen-bond acceptors (Lipinski definition) is 3. The van der Waals surface area contributed by atoms with Crippen molar-refractivity contribution in [3.05, 3.63) is 59.4 Å². The zero-order chi connectivity index (χ0) is 18.9. The Labute approximate surface area is 162 Å². The first-order valence-electron chi connectivity index (χ1n) is 9.04. The summed E-state index contributed by atoms with van der Waals surface area (Å²) in [4.78, 5) is 30.7. The van der Waals surface area contributed by atoms with E-state index < -0.39 is 0 Å². The van der Waals surface area contributed by atoms with Crippen LogP contribution >= 0.6 is 11.6 Å². The number of anilines is 1. The smallest absolute Gasteiger partial charge is 0.321 e. The summed E-state index contributed by atoms with van der Waals surface area (Å²) < 4.78 is 0. The van der Waals surface area contributed by atoms with Crippen LogP contribution in [-0.2, 0) is 11.3 Å². The first-order chi connectivity index (χ1) is 13.1. The maximum atomic E-state index is 12.5. The molecule has 1 aliphatic heterocycles. The van der Waals surface area contributed by atoms with Gasteiger partial charge >= 0.3 is 6.03 Å². The molecule has 2 unspecified atom stereocenters. The Morgan fingerprint density at radius 3 is 2.67 bits per heavy atom.